The van der Waals surface area contributed by atoms with Crippen LogP contribution in [0.4, 0.5) is 5.82 Å². The summed E-state index contributed by atoms with van der Waals surface area (Å²) < 4.78 is 0. The van der Waals surface area contributed by atoms with Gasteiger partial charge in [0.25, 0.3) is 5.91 Å². The van der Waals surface area contributed by atoms with Gasteiger partial charge in [-0.25, -0.2) is 0 Å². The molecule has 3 rings (SSSR count). The molecule has 0 aliphatic carbocycles. The van der Waals surface area contributed by atoms with Gasteiger partial charge in [0.2, 0.25) is 0 Å². The molecule has 3 N–H and O–H groups in total. The first kappa shape index (κ1) is 10.6. The first-order valence-corrected chi connectivity index (χ1v) is 5.63. The predicted octanol–water partition coefficient (Wildman–Crippen LogP) is 2.45. The zero-order valence-corrected chi connectivity index (χ0v) is 9.82. The topological polar surface area (TPSA) is 73.6 Å². The Hall–Kier alpha value is -2.56. The summed E-state index contributed by atoms with van der Waals surface area (Å²) in [6.07, 6.45) is 1.82. The molecule has 2 heterocycles. The van der Waals surface area contributed by atoms with Crippen LogP contribution in [-0.4, -0.2) is 21.1 Å². The molecule has 1 aromatic carbocycles. The standard InChI is InChI=1S/C13H12N4O/c1-8-7-11(17-16-8)15-13(18)10-4-2-3-9-5-6-14-12(9)10/h2-7,14H,1H3,(H2,15,16,17,18). The monoisotopic (exact) mass is 240 g/mol. The third kappa shape index (κ3) is 1.75. The summed E-state index contributed by atoms with van der Waals surface area (Å²) in [6.45, 7) is 1.88. The summed E-state index contributed by atoms with van der Waals surface area (Å²) in [5.74, 6) is 0.357. The van der Waals surface area contributed by atoms with E-state index in [4.69, 9.17) is 0 Å². The third-order valence-electron chi connectivity index (χ3n) is 2.78. The molecular formula is C13H12N4O. The average Bonchev–Trinajstić information content (AvgIpc) is 2.97. The number of nitrogens with one attached hydrogen (secondary N) is 3. The number of H-pyrrole nitrogens is 2. The largest absolute Gasteiger partial charge is 0.361 e. The molecule has 3 aromatic rings. The number of carbonyl (C=O) groups excluding carboxylic acids is 1. The van der Waals surface area contributed by atoms with Gasteiger partial charge in [-0.15, -0.1) is 0 Å². The van der Waals surface area contributed by atoms with Crippen molar-refractivity contribution in [1.82, 2.24) is 15.2 Å². The van der Waals surface area contributed by atoms with Crippen LogP contribution in [0.15, 0.2) is 36.5 Å². The van der Waals surface area contributed by atoms with Crippen molar-refractivity contribution >= 4 is 22.6 Å². The lowest BCUT2D eigenvalue weighted by molar-refractivity contribution is 0.102. The zero-order chi connectivity index (χ0) is 12.5. The number of carbonyl (C=O) groups is 1. The van der Waals surface area contributed by atoms with Gasteiger partial charge in [-0.1, -0.05) is 12.1 Å². The van der Waals surface area contributed by atoms with E-state index in [1.807, 2.05) is 31.3 Å². The number of benzene rings is 1. The van der Waals surface area contributed by atoms with E-state index >= 15 is 0 Å². The van der Waals surface area contributed by atoms with Gasteiger partial charge in [0.05, 0.1) is 11.1 Å². The van der Waals surface area contributed by atoms with Gasteiger partial charge in [-0.3, -0.25) is 9.89 Å². The molecule has 0 unspecified atom stereocenters. The summed E-state index contributed by atoms with van der Waals surface area (Å²) >= 11 is 0. The Labute approximate surface area is 103 Å². The lowest BCUT2D eigenvalue weighted by Crippen LogP contribution is -2.12. The number of fused-ring (bicyclic) bond motifs is 1. The molecule has 0 fully saturated rings. The van der Waals surface area contributed by atoms with Crippen LogP contribution >= 0.6 is 0 Å². The molecule has 0 spiro atoms. The van der Waals surface area contributed by atoms with Crippen molar-refractivity contribution in [3.8, 4) is 0 Å². The van der Waals surface area contributed by atoms with Crippen molar-refractivity contribution in [2.75, 3.05) is 5.32 Å². The summed E-state index contributed by atoms with van der Waals surface area (Å²) in [7, 11) is 0. The second-order valence-electron chi connectivity index (χ2n) is 4.14. The van der Waals surface area contributed by atoms with Crippen molar-refractivity contribution in [2.24, 2.45) is 0 Å². The first-order chi connectivity index (χ1) is 8.74. The van der Waals surface area contributed by atoms with Crippen LogP contribution in [0.1, 0.15) is 16.1 Å². The summed E-state index contributed by atoms with van der Waals surface area (Å²) in [5.41, 5.74) is 2.35. The molecule has 0 saturated carbocycles. The number of aromatic nitrogens is 3. The number of rotatable bonds is 2. The highest BCUT2D eigenvalue weighted by molar-refractivity contribution is 6.11. The van der Waals surface area contributed by atoms with Crippen LogP contribution in [0.25, 0.3) is 10.9 Å². The lowest BCUT2D eigenvalue weighted by Gasteiger charge is -2.03. The smallest absolute Gasteiger partial charge is 0.258 e. The minimum absolute atomic E-state index is 0.172. The molecule has 0 aliphatic heterocycles. The van der Waals surface area contributed by atoms with Gasteiger partial charge in [-0.05, 0) is 19.1 Å². The molecule has 0 bridgehead atoms. The van der Waals surface area contributed by atoms with Crippen LogP contribution in [0.3, 0.4) is 0 Å². The van der Waals surface area contributed by atoms with E-state index in [9.17, 15) is 4.79 Å². The Bertz CT molecular complexity index is 710. The summed E-state index contributed by atoms with van der Waals surface area (Å²) in [5, 5.41) is 10.5. The fourth-order valence-corrected chi connectivity index (χ4v) is 1.94. The van der Waals surface area contributed by atoms with Crippen LogP contribution < -0.4 is 5.32 Å². The number of nitrogens with zero attached hydrogens (tertiary/aromatic N) is 1. The van der Waals surface area contributed by atoms with Gasteiger partial charge in [0.1, 0.15) is 0 Å². The van der Waals surface area contributed by atoms with Gasteiger partial charge in [0.15, 0.2) is 5.82 Å². The number of hydrogen-bond acceptors (Lipinski definition) is 2. The van der Waals surface area contributed by atoms with Crippen LogP contribution in [0, 0.1) is 6.92 Å². The Balaban J connectivity index is 1.94. The Kier molecular flexibility index (Phi) is 2.37. The van der Waals surface area contributed by atoms with E-state index in [-0.39, 0.29) is 5.91 Å². The van der Waals surface area contributed by atoms with E-state index in [0.717, 1.165) is 16.6 Å². The number of amides is 1. The Morgan fingerprint density at radius 1 is 1.33 bits per heavy atom. The molecule has 0 saturated heterocycles. The normalized spacial score (nSPS) is 10.7. The van der Waals surface area contributed by atoms with Crippen molar-refractivity contribution in [2.45, 2.75) is 6.92 Å². The molecule has 18 heavy (non-hydrogen) atoms. The maximum atomic E-state index is 12.2. The van der Waals surface area contributed by atoms with E-state index in [1.54, 1.807) is 12.1 Å². The fourth-order valence-electron chi connectivity index (χ4n) is 1.94. The molecule has 2 aromatic heterocycles. The van der Waals surface area contributed by atoms with E-state index in [2.05, 4.69) is 20.5 Å². The van der Waals surface area contributed by atoms with Crippen molar-refractivity contribution in [3.05, 3.63) is 47.8 Å². The molecule has 1 amide bonds. The Morgan fingerprint density at radius 2 is 2.22 bits per heavy atom. The van der Waals surface area contributed by atoms with Gasteiger partial charge in [0, 0.05) is 23.3 Å². The zero-order valence-electron chi connectivity index (χ0n) is 9.82. The molecule has 0 atom stereocenters. The highest BCUT2D eigenvalue weighted by Crippen LogP contribution is 2.18. The minimum Gasteiger partial charge on any atom is -0.361 e. The van der Waals surface area contributed by atoms with Crippen LogP contribution in [0.5, 0.6) is 0 Å². The van der Waals surface area contributed by atoms with E-state index in [0.29, 0.717) is 11.4 Å². The molecule has 5 nitrogen and oxygen atoms in total. The number of hydrogen-bond donors (Lipinski definition) is 3. The first-order valence-electron chi connectivity index (χ1n) is 5.63. The minimum atomic E-state index is -0.172. The molecule has 0 radical (unpaired) electrons. The number of anilines is 1. The van der Waals surface area contributed by atoms with Crippen molar-refractivity contribution < 1.29 is 4.79 Å². The molecular weight excluding hydrogens is 228 g/mol. The summed E-state index contributed by atoms with van der Waals surface area (Å²) in [4.78, 5) is 15.2. The van der Waals surface area contributed by atoms with Crippen LogP contribution in [-0.2, 0) is 0 Å². The predicted molar refractivity (Wildman–Crippen MR) is 69.6 cm³/mol. The fraction of sp³-hybridized carbons (Fsp3) is 0.0769. The number of para-hydroxylation sites is 1. The van der Waals surface area contributed by atoms with Gasteiger partial charge < -0.3 is 10.3 Å². The Morgan fingerprint density at radius 3 is 3.00 bits per heavy atom. The van der Waals surface area contributed by atoms with Crippen LogP contribution in [0.2, 0.25) is 0 Å². The quantitative estimate of drug-likeness (QED) is 0.643. The van der Waals surface area contributed by atoms with Gasteiger partial charge >= 0.3 is 0 Å². The van der Waals surface area contributed by atoms with Gasteiger partial charge in [-0.2, -0.15) is 5.10 Å². The lowest BCUT2D eigenvalue weighted by atomic mass is 10.1. The number of aryl methyl sites for hydroxylation is 1. The van der Waals surface area contributed by atoms with E-state index in [1.165, 1.54) is 0 Å². The second-order valence-corrected chi connectivity index (χ2v) is 4.14. The SMILES string of the molecule is Cc1cc(NC(=O)c2cccc3cc[nH]c23)n[nH]1. The number of aromatic amines is 2. The summed E-state index contributed by atoms with van der Waals surface area (Å²) in [6, 6.07) is 9.33. The average molecular weight is 240 g/mol. The third-order valence-corrected chi connectivity index (χ3v) is 2.78. The second kappa shape index (κ2) is 4.03. The highest BCUT2D eigenvalue weighted by Gasteiger charge is 2.11. The molecule has 90 valence electrons. The maximum Gasteiger partial charge on any atom is 0.258 e. The van der Waals surface area contributed by atoms with E-state index < -0.39 is 0 Å². The van der Waals surface area contributed by atoms with Crippen molar-refractivity contribution in [3.63, 3.8) is 0 Å². The molecule has 5 heteroatoms. The highest BCUT2D eigenvalue weighted by atomic mass is 16.1. The molecule has 0 aliphatic rings. The maximum absolute atomic E-state index is 12.2. The van der Waals surface area contributed by atoms with Crippen molar-refractivity contribution in [1.29, 1.82) is 0 Å².